The number of rotatable bonds is 12. The van der Waals surface area contributed by atoms with E-state index in [2.05, 4.69) is 31.2 Å². The first kappa shape index (κ1) is 20.3. The van der Waals surface area contributed by atoms with Crippen molar-refractivity contribution < 1.29 is 9.47 Å². The normalized spacial score (nSPS) is 20.6. The average Bonchev–Trinajstić information content (AvgIpc) is 2.66. The third kappa shape index (κ3) is 8.27. The van der Waals surface area contributed by atoms with Crippen LogP contribution in [-0.4, -0.2) is 19.8 Å². The molecule has 0 aromatic heterocycles. The summed E-state index contributed by atoms with van der Waals surface area (Å²) in [6.07, 6.45) is 14.1. The lowest BCUT2D eigenvalue weighted by Crippen LogP contribution is -2.15. The molecule has 1 saturated carbocycles. The number of hydrogen-bond acceptors (Lipinski definition) is 2. The van der Waals surface area contributed by atoms with E-state index in [1.807, 2.05) is 6.92 Å². The molecule has 0 radical (unpaired) electrons. The Labute approximate surface area is 155 Å². The predicted octanol–water partition coefficient (Wildman–Crippen LogP) is 6.42. The van der Waals surface area contributed by atoms with Gasteiger partial charge in [-0.25, -0.2) is 0 Å². The van der Waals surface area contributed by atoms with Gasteiger partial charge in [0.25, 0.3) is 0 Å². The molecule has 0 saturated heterocycles. The second-order valence-electron chi connectivity index (χ2n) is 7.61. The van der Waals surface area contributed by atoms with E-state index in [4.69, 9.17) is 9.47 Å². The smallest absolute Gasteiger partial charge is 0.119 e. The molecule has 142 valence electrons. The van der Waals surface area contributed by atoms with Gasteiger partial charge in [-0.3, -0.25) is 0 Å². The van der Waals surface area contributed by atoms with Crippen molar-refractivity contribution in [1.29, 1.82) is 0 Å². The van der Waals surface area contributed by atoms with E-state index >= 15 is 0 Å². The molecular weight excluding hydrogens is 308 g/mol. The fourth-order valence-corrected chi connectivity index (χ4v) is 3.98. The highest BCUT2D eigenvalue weighted by Gasteiger charge is 2.20. The number of unbranched alkanes of at least 4 members (excludes halogenated alkanes) is 2. The van der Waals surface area contributed by atoms with Gasteiger partial charge < -0.3 is 9.47 Å². The van der Waals surface area contributed by atoms with Crippen molar-refractivity contribution in [3.63, 3.8) is 0 Å². The van der Waals surface area contributed by atoms with Gasteiger partial charge in [-0.1, -0.05) is 70.4 Å². The van der Waals surface area contributed by atoms with Crippen molar-refractivity contribution in [2.45, 2.75) is 78.1 Å². The minimum Gasteiger partial charge on any atom is -0.491 e. The van der Waals surface area contributed by atoms with E-state index in [0.717, 1.165) is 24.2 Å². The van der Waals surface area contributed by atoms with E-state index in [1.54, 1.807) is 0 Å². The summed E-state index contributed by atoms with van der Waals surface area (Å²) in [4.78, 5) is 0. The standard InChI is InChI=1S/C23H38O2/c1-3-5-6-7-20-8-10-21(11-9-20)12-13-22-14-16-23(17-15-22)25-19-18-24-4-2/h14-17,20-21H,3-13,18-19H2,1-2H3/t20-,21-. The van der Waals surface area contributed by atoms with Crippen LogP contribution >= 0.6 is 0 Å². The average molecular weight is 347 g/mol. The number of ether oxygens (including phenoxy) is 2. The van der Waals surface area contributed by atoms with Gasteiger partial charge in [0.2, 0.25) is 0 Å². The maximum Gasteiger partial charge on any atom is 0.119 e. The van der Waals surface area contributed by atoms with Gasteiger partial charge in [0.1, 0.15) is 12.4 Å². The summed E-state index contributed by atoms with van der Waals surface area (Å²) in [5, 5.41) is 0. The van der Waals surface area contributed by atoms with E-state index in [1.165, 1.54) is 69.8 Å². The lowest BCUT2D eigenvalue weighted by Gasteiger charge is -2.28. The van der Waals surface area contributed by atoms with Crippen molar-refractivity contribution in [3.05, 3.63) is 29.8 Å². The van der Waals surface area contributed by atoms with Gasteiger partial charge in [-0.05, 0) is 49.3 Å². The Hall–Kier alpha value is -1.02. The predicted molar refractivity (Wildman–Crippen MR) is 106 cm³/mol. The molecule has 0 bridgehead atoms. The zero-order chi connectivity index (χ0) is 17.7. The Balaban J connectivity index is 1.60. The SMILES string of the molecule is CCCCC[C@H]1CC[C@H](CCc2ccc(OCCOCC)cc2)CC1. The van der Waals surface area contributed by atoms with Crippen molar-refractivity contribution in [1.82, 2.24) is 0 Å². The second kappa shape index (κ2) is 12.4. The monoisotopic (exact) mass is 346 g/mol. The van der Waals surface area contributed by atoms with E-state index in [9.17, 15) is 0 Å². The Morgan fingerprint density at radius 2 is 1.52 bits per heavy atom. The van der Waals surface area contributed by atoms with Crippen LogP contribution in [0.5, 0.6) is 5.75 Å². The first-order chi connectivity index (χ1) is 12.3. The van der Waals surface area contributed by atoms with E-state index in [-0.39, 0.29) is 0 Å². The lowest BCUT2D eigenvalue weighted by molar-refractivity contribution is 0.110. The molecule has 0 N–H and O–H groups in total. The summed E-state index contributed by atoms with van der Waals surface area (Å²) in [6.45, 7) is 6.36. The molecule has 2 rings (SSSR count). The minimum atomic E-state index is 0.634. The lowest BCUT2D eigenvalue weighted by atomic mass is 9.78. The molecule has 0 heterocycles. The van der Waals surface area contributed by atoms with Gasteiger partial charge in [0.15, 0.2) is 0 Å². The fraction of sp³-hybridized carbons (Fsp3) is 0.739. The molecule has 1 aromatic carbocycles. The Morgan fingerprint density at radius 3 is 2.16 bits per heavy atom. The third-order valence-electron chi connectivity index (χ3n) is 5.65. The van der Waals surface area contributed by atoms with Crippen LogP contribution in [-0.2, 0) is 11.2 Å². The van der Waals surface area contributed by atoms with Crippen molar-refractivity contribution in [2.75, 3.05) is 19.8 Å². The first-order valence-electron chi connectivity index (χ1n) is 10.6. The van der Waals surface area contributed by atoms with Crippen LogP contribution in [0.3, 0.4) is 0 Å². The molecule has 1 aliphatic carbocycles. The molecular formula is C23H38O2. The van der Waals surface area contributed by atoms with Gasteiger partial charge in [0.05, 0.1) is 6.61 Å². The molecule has 1 aromatic rings. The quantitative estimate of drug-likeness (QED) is 0.406. The fourth-order valence-electron chi connectivity index (χ4n) is 3.98. The van der Waals surface area contributed by atoms with Crippen LogP contribution in [0.4, 0.5) is 0 Å². The minimum absolute atomic E-state index is 0.634. The molecule has 0 amide bonds. The molecule has 25 heavy (non-hydrogen) atoms. The Bertz CT molecular complexity index is 432. The maximum atomic E-state index is 5.68. The highest BCUT2D eigenvalue weighted by atomic mass is 16.5. The van der Waals surface area contributed by atoms with Crippen LogP contribution in [0.1, 0.15) is 77.2 Å². The zero-order valence-corrected chi connectivity index (χ0v) is 16.5. The van der Waals surface area contributed by atoms with Gasteiger partial charge in [-0.2, -0.15) is 0 Å². The molecule has 0 atom stereocenters. The molecule has 0 aliphatic heterocycles. The molecule has 1 aliphatic rings. The first-order valence-corrected chi connectivity index (χ1v) is 10.6. The molecule has 0 unspecified atom stereocenters. The molecule has 0 spiro atoms. The van der Waals surface area contributed by atoms with Crippen LogP contribution in [0.15, 0.2) is 24.3 Å². The van der Waals surface area contributed by atoms with Crippen LogP contribution in [0.2, 0.25) is 0 Å². The van der Waals surface area contributed by atoms with E-state index in [0.29, 0.717) is 13.2 Å². The van der Waals surface area contributed by atoms with Crippen molar-refractivity contribution >= 4 is 0 Å². The molecule has 1 fully saturated rings. The van der Waals surface area contributed by atoms with Crippen LogP contribution in [0, 0.1) is 11.8 Å². The van der Waals surface area contributed by atoms with Crippen LogP contribution in [0.25, 0.3) is 0 Å². The highest BCUT2D eigenvalue weighted by Crippen LogP contribution is 2.34. The highest BCUT2D eigenvalue weighted by molar-refractivity contribution is 5.27. The molecule has 2 heteroatoms. The summed E-state index contributed by atoms with van der Waals surface area (Å²) in [5.74, 6) is 2.93. The Morgan fingerprint density at radius 1 is 0.840 bits per heavy atom. The van der Waals surface area contributed by atoms with Gasteiger partial charge in [-0.15, -0.1) is 0 Å². The zero-order valence-electron chi connectivity index (χ0n) is 16.5. The summed E-state index contributed by atoms with van der Waals surface area (Å²) in [6, 6.07) is 8.66. The van der Waals surface area contributed by atoms with Crippen molar-refractivity contribution in [2.24, 2.45) is 11.8 Å². The summed E-state index contributed by atoms with van der Waals surface area (Å²) >= 11 is 0. The molecule has 2 nitrogen and oxygen atoms in total. The van der Waals surface area contributed by atoms with Crippen LogP contribution < -0.4 is 4.74 Å². The van der Waals surface area contributed by atoms with Crippen molar-refractivity contribution in [3.8, 4) is 5.75 Å². The summed E-state index contributed by atoms with van der Waals surface area (Å²) < 4.78 is 11.0. The third-order valence-corrected chi connectivity index (χ3v) is 5.65. The largest absolute Gasteiger partial charge is 0.491 e. The summed E-state index contributed by atoms with van der Waals surface area (Å²) in [5.41, 5.74) is 1.45. The topological polar surface area (TPSA) is 18.5 Å². The Kier molecular flexibility index (Phi) is 10.0. The summed E-state index contributed by atoms with van der Waals surface area (Å²) in [7, 11) is 0. The second-order valence-corrected chi connectivity index (χ2v) is 7.61. The number of hydrogen-bond donors (Lipinski definition) is 0. The van der Waals surface area contributed by atoms with Gasteiger partial charge >= 0.3 is 0 Å². The number of benzene rings is 1. The number of aryl methyl sites for hydroxylation is 1. The van der Waals surface area contributed by atoms with E-state index < -0.39 is 0 Å². The van der Waals surface area contributed by atoms with Gasteiger partial charge in [0, 0.05) is 6.61 Å². The maximum absolute atomic E-state index is 5.68.